The number of para-hydroxylation sites is 2. The smallest absolute Gasteiger partial charge is 0.337 e. The highest BCUT2D eigenvalue weighted by Gasteiger charge is 2.12. The van der Waals surface area contributed by atoms with Crippen LogP contribution in [0.1, 0.15) is 16.8 Å². The van der Waals surface area contributed by atoms with Gasteiger partial charge < -0.3 is 20.1 Å². The Labute approximate surface area is 161 Å². The number of hydrogen-bond donors (Lipinski definition) is 2. The largest absolute Gasteiger partial charge is 0.494 e. The van der Waals surface area contributed by atoms with Crippen LogP contribution in [0.15, 0.2) is 48.5 Å². The lowest BCUT2D eigenvalue weighted by atomic mass is 10.2. The van der Waals surface area contributed by atoms with E-state index in [0.717, 1.165) is 0 Å². The Morgan fingerprint density at radius 2 is 1.89 bits per heavy atom. The number of carbonyl (C=O) groups is 1. The van der Waals surface area contributed by atoms with E-state index in [4.69, 9.17) is 17.0 Å². The summed E-state index contributed by atoms with van der Waals surface area (Å²) in [5, 5.41) is 17.1. The Hall–Kier alpha value is -3.20. The molecule has 9 heteroatoms. The van der Waals surface area contributed by atoms with Crippen molar-refractivity contribution in [1.82, 2.24) is 5.32 Å². The van der Waals surface area contributed by atoms with Crippen molar-refractivity contribution in [2.45, 2.75) is 6.42 Å². The number of benzene rings is 2. The molecule has 142 valence electrons. The van der Waals surface area contributed by atoms with Crippen molar-refractivity contribution >= 4 is 34.7 Å². The maximum absolute atomic E-state index is 11.4. The fourth-order valence-corrected chi connectivity index (χ4v) is 2.39. The van der Waals surface area contributed by atoms with Crippen molar-refractivity contribution in [3.8, 4) is 5.75 Å². The normalized spacial score (nSPS) is 9.96. The zero-order valence-electron chi connectivity index (χ0n) is 14.6. The molecule has 0 aliphatic heterocycles. The summed E-state index contributed by atoms with van der Waals surface area (Å²) in [6.07, 6.45) is 0.664. The van der Waals surface area contributed by atoms with Gasteiger partial charge in [-0.15, -0.1) is 0 Å². The van der Waals surface area contributed by atoms with Crippen LogP contribution < -0.4 is 15.4 Å². The minimum Gasteiger partial charge on any atom is -0.494 e. The lowest BCUT2D eigenvalue weighted by Gasteiger charge is -2.11. The summed E-state index contributed by atoms with van der Waals surface area (Å²) in [7, 11) is 1.33. The van der Waals surface area contributed by atoms with E-state index in [2.05, 4.69) is 15.4 Å². The molecule has 8 nitrogen and oxygen atoms in total. The molecule has 0 radical (unpaired) electrons. The van der Waals surface area contributed by atoms with Gasteiger partial charge in [-0.2, -0.15) is 0 Å². The highest BCUT2D eigenvalue weighted by atomic mass is 32.1. The van der Waals surface area contributed by atoms with E-state index < -0.39 is 10.9 Å². The van der Waals surface area contributed by atoms with Gasteiger partial charge in [0.2, 0.25) is 0 Å². The van der Waals surface area contributed by atoms with Gasteiger partial charge in [0.1, 0.15) is 11.4 Å². The summed E-state index contributed by atoms with van der Waals surface area (Å²) in [4.78, 5) is 21.9. The third-order valence-corrected chi connectivity index (χ3v) is 3.75. The molecule has 0 atom stereocenters. The molecule has 0 unspecified atom stereocenters. The van der Waals surface area contributed by atoms with Crippen LogP contribution in [-0.4, -0.2) is 36.3 Å². The molecule has 2 aromatic carbocycles. The van der Waals surface area contributed by atoms with E-state index in [1.807, 2.05) is 0 Å². The number of nitrogens with one attached hydrogen (secondary N) is 2. The number of hydrogen-bond acceptors (Lipinski definition) is 6. The Balaban J connectivity index is 1.70. The second-order valence-corrected chi connectivity index (χ2v) is 5.78. The van der Waals surface area contributed by atoms with Crippen molar-refractivity contribution in [2.24, 2.45) is 0 Å². The quantitative estimate of drug-likeness (QED) is 0.233. The first-order valence-electron chi connectivity index (χ1n) is 8.10. The number of carbonyl (C=O) groups excluding carboxylic acids is 1. The first-order chi connectivity index (χ1) is 13.0. The summed E-state index contributed by atoms with van der Waals surface area (Å²) >= 11 is 5.15. The third kappa shape index (κ3) is 6.23. The van der Waals surface area contributed by atoms with Crippen LogP contribution in [0.3, 0.4) is 0 Å². The number of nitro benzene ring substituents is 1. The molecule has 0 bridgehead atoms. The maximum Gasteiger partial charge on any atom is 0.337 e. The van der Waals surface area contributed by atoms with Crippen LogP contribution in [0, 0.1) is 10.1 Å². The Morgan fingerprint density at radius 3 is 2.56 bits per heavy atom. The lowest BCUT2D eigenvalue weighted by molar-refractivity contribution is -0.383. The molecule has 0 spiro atoms. The van der Waals surface area contributed by atoms with Gasteiger partial charge in [-0.05, 0) is 49.0 Å². The fraction of sp³-hybridized carbons (Fsp3) is 0.222. The average Bonchev–Trinajstić information content (AvgIpc) is 2.67. The SMILES string of the molecule is COC(=O)c1ccc(OCCCNC(=S)Nc2ccccc2[N+](=O)[O-])cc1. The van der Waals surface area contributed by atoms with Crippen molar-refractivity contribution in [2.75, 3.05) is 25.6 Å². The number of ether oxygens (including phenoxy) is 2. The fourth-order valence-electron chi connectivity index (χ4n) is 2.17. The molecule has 2 rings (SSSR count). The first-order valence-corrected chi connectivity index (χ1v) is 8.51. The molecule has 2 aromatic rings. The van der Waals surface area contributed by atoms with Gasteiger partial charge in [0, 0.05) is 12.6 Å². The predicted octanol–water partition coefficient (Wildman–Crippen LogP) is 3.14. The van der Waals surface area contributed by atoms with Crippen LogP contribution in [0.4, 0.5) is 11.4 Å². The van der Waals surface area contributed by atoms with Crippen LogP contribution in [0.25, 0.3) is 0 Å². The molecular formula is C18H19N3O5S. The molecule has 2 N–H and O–H groups in total. The molecule has 0 amide bonds. The lowest BCUT2D eigenvalue weighted by Crippen LogP contribution is -2.30. The van der Waals surface area contributed by atoms with E-state index in [9.17, 15) is 14.9 Å². The summed E-state index contributed by atoms with van der Waals surface area (Å²) in [5.41, 5.74) is 0.750. The number of thiocarbonyl (C=S) groups is 1. The molecule has 0 aromatic heterocycles. The number of esters is 1. The number of nitro groups is 1. The molecule has 0 saturated heterocycles. The first kappa shape index (κ1) is 20.1. The molecule has 0 heterocycles. The molecule has 0 fully saturated rings. The zero-order valence-corrected chi connectivity index (χ0v) is 15.5. The minimum absolute atomic E-state index is 0.0413. The third-order valence-electron chi connectivity index (χ3n) is 3.50. The zero-order chi connectivity index (χ0) is 19.6. The van der Waals surface area contributed by atoms with Crippen LogP contribution in [0.5, 0.6) is 5.75 Å². The molecule has 27 heavy (non-hydrogen) atoms. The van der Waals surface area contributed by atoms with Crippen LogP contribution in [-0.2, 0) is 4.74 Å². The summed E-state index contributed by atoms with van der Waals surface area (Å²) in [6, 6.07) is 12.9. The second kappa shape index (κ2) is 10.1. The number of anilines is 1. The van der Waals surface area contributed by atoms with E-state index >= 15 is 0 Å². The Kier molecular flexibility index (Phi) is 7.50. The number of rotatable bonds is 8. The molecule has 0 saturated carbocycles. The molecule has 0 aliphatic rings. The van der Waals surface area contributed by atoms with Crippen molar-refractivity contribution in [1.29, 1.82) is 0 Å². The van der Waals surface area contributed by atoms with Gasteiger partial charge in [0.15, 0.2) is 5.11 Å². The van der Waals surface area contributed by atoms with Crippen molar-refractivity contribution in [3.05, 3.63) is 64.2 Å². The maximum atomic E-state index is 11.4. The van der Waals surface area contributed by atoms with Gasteiger partial charge in [0.25, 0.3) is 5.69 Å². The standard InChI is InChI=1S/C18H19N3O5S/c1-25-17(22)13-7-9-14(10-8-13)26-12-4-11-19-18(27)20-15-5-2-3-6-16(15)21(23)24/h2-3,5-10H,4,11-12H2,1H3,(H2,19,20,27). The van der Waals surface area contributed by atoms with Crippen molar-refractivity contribution in [3.63, 3.8) is 0 Å². The second-order valence-electron chi connectivity index (χ2n) is 5.37. The summed E-state index contributed by atoms with van der Waals surface area (Å²) in [6.45, 7) is 0.978. The van der Waals surface area contributed by atoms with Gasteiger partial charge in [-0.25, -0.2) is 4.79 Å². The van der Waals surface area contributed by atoms with Crippen molar-refractivity contribution < 1.29 is 19.2 Å². The van der Waals surface area contributed by atoms with Crippen LogP contribution >= 0.6 is 12.2 Å². The van der Waals surface area contributed by atoms with Gasteiger partial charge >= 0.3 is 5.97 Å². The summed E-state index contributed by atoms with van der Waals surface area (Å²) < 4.78 is 10.2. The monoisotopic (exact) mass is 389 g/mol. The summed E-state index contributed by atoms with van der Waals surface area (Å²) in [5.74, 6) is 0.244. The highest BCUT2D eigenvalue weighted by Crippen LogP contribution is 2.22. The van der Waals surface area contributed by atoms with Crippen LogP contribution in [0.2, 0.25) is 0 Å². The predicted molar refractivity (Wildman–Crippen MR) is 105 cm³/mol. The highest BCUT2D eigenvalue weighted by molar-refractivity contribution is 7.80. The average molecular weight is 389 g/mol. The van der Waals surface area contributed by atoms with E-state index in [-0.39, 0.29) is 5.69 Å². The molecular weight excluding hydrogens is 370 g/mol. The van der Waals surface area contributed by atoms with Gasteiger partial charge in [-0.3, -0.25) is 10.1 Å². The van der Waals surface area contributed by atoms with Gasteiger partial charge in [-0.1, -0.05) is 12.1 Å². The Bertz CT molecular complexity index is 811. The Morgan fingerprint density at radius 1 is 1.19 bits per heavy atom. The minimum atomic E-state index is -0.468. The number of nitrogens with zero attached hydrogens (tertiary/aromatic N) is 1. The van der Waals surface area contributed by atoms with E-state index in [0.29, 0.717) is 41.7 Å². The van der Waals surface area contributed by atoms with E-state index in [1.54, 1.807) is 42.5 Å². The number of methoxy groups -OCH3 is 1. The molecule has 0 aliphatic carbocycles. The topological polar surface area (TPSA) is 103 Å². The van der Waals surface area contributed by atoms with Gasteiger partial charge in [0.05, 0.1) is 24.2 Å². The van der Waals surface area contributed by atoms with E-state index in [1.165, 1.54) is 13.2 Å².